The van der Waals surface area contributed by atoms with Gasteiger partial charge in [-0.05, 0) is 51.8 Å². The minimum atomic E-state index is -0.523. The average molecular weight is 367 g/mol. The quantitative estimate of drug-likeness (QED) is 0.819. The number of benzene rings is 2. The first-order valence-corrected chi connectivity index (χ1v) is 9.61. The van der Waals surface area contributed by atoms with Crippen LogP contribution in [0.1, 0.15) is 56.3 Å². The second-order valence-corrected chi connectivity index (χ2v) is 7.95. The molecule has 4 heteroatoms. The van der Waals surface area contributed by atoms with Gasteiger partial charge in [0.2, 0.25) is 0 Å². The second kappa shape index (κ2) is 7.63. The molecule has 1 aliphatic rings. The Bertz CT molecular complexity index is 828. The van der Waals surface area contributed by atoms with Crippen molar-refractivity contribution in [1.82, 2.24) is 5.32 Å². The molecule has 0 saturated carbocycles. The van der Waals surface area contributed by atoms with Gasteiger partial charge in [0.25, 0.3) is 5.91 Å². The number of aryl methyl sites for hydroxylation is 2. The van der Waals surface area contributed by atoms with Crippen molar-refractivity contribution in [2.45, 2.75) is 65.2 Å². The van der Waals surface area contributed by atoms with Crippen molar-refractivity contribution in [3.05, 3.63) is 59.2 Å². The summed E-state index contributed by atoms with van der Waals surface area (Å²) in [6.45, 7) is 10.1. The number of para-hydroxylation sites is 1. The Balaban J connectivity index is 1.80. The molecule has 1 aliphatic heterocycles. The maximum Gasteiger partial charge on any atom is 0.261 e. The zero-order chi connectivity index (χ0) is 19.6. The number of fused-ring (bicyclic) bond motifs is 1. The Kier molecular flexibility index (Phi) is 5.45. The number of hydrogen-bond acceptors (Lipinski definition) is 3. The largest absolute Gasteiger partial charge is 0.487 e. The minimum absolute atomic E-state index is 0.0871. The predicted molar refractivity (Wildman–Crippen MR) is 107 cm³/mol. The summed E-state index contributed by atoms with van der Waals surface area (Å²) in [7, 11) is 0. The summed E-state index contributed by atoms with van der Waals surface area (Å²) in [4.78, 5) is 13.0. The molecule has 0 saturated heterocycles. The fourth-order valence-corrected chi connectivity index (χ4v) is 3.53. The normalized spacial score (nSPS) is 18.8. The molecule has 144 valence electrons. The van der Waals surface area contributed by atoms with Crippen molar-refractivity contribution >= 4 is 5.91 Å². The number of hydrogen-bond donors (Lipinski definition) is 1. The minimum Gasteiger partial charge on any atom is -0.487 e. The summed E-state index contributed by atoms with van der Waals surface area (Å²) in [6, 6.07) is 13.8. The van der Waals surface area contributed by atoms with Crippen LogP contribution in [0.2, 0.25) is 0 Å². The van der Waals surface area contributed by atoms with Crippen LogP contribution in [0.5, 0.6) is 11.5 Å². The topological polar surface area (TPSA) is 47.6 Å². The maximum absolute atomic E-state index is 13.0. The van der Waals surface area contributed by atoms with Gasteiger partial charge in [-0.3, -0.25) is 4.79 Å². The number of nitrogens with one attached hydrogen (secondary N) is 1. The maximum atomic E-state index is 13.0. The van der Waals surface area contributed by atoms with Crippen LogP contribution < -0.4 is 14.8 Å². The van der Waals surface area contributed by atoms with Gasteiger partial charge in [-0.25, -0.2) is 0 Å². The smallest absolute Gasteiger partial charge is 0.261 e. The lowest BCUT2D eigenvalue weighted by Crippen LogP contribution is -2.45. The molecule has 4 nitrogen and oxygen atoms in total. The first-order valence-electron chi connectivity index (χ1n) is 9.61. The van der Waals surface area contributed by atoms with E-state index in [1.54, 1.807) is 0 Å². The van der Waals surface area contributed by atoms with E-state index in [1.165, 1.54) is 0 Å². The van der Waals surface area contributed by atoms with E-state index in [-0.39, 0.29) is 17.6 Å². The van der Waals surface area contributed by atoms with Crippen LogP contribution in [0.4, 0.5) is 0 Å². The van der Waals surface area contributed by atoms with E-state index in [2.05, 4.69) is 32.2 Å². The fraction of sp³-hybridized carbons (Fsp3) is 0.435. The van der Waals surface area contributed by atoms with Crippen LogP contribution >= 0.6 is 0 Å². The van der Waals surface area contributed by atoms with Crippen LogP contribution in [-0.2, 0) is 4.79 Å². The molecule has 3 rings (SSSR count). The summed E-state index contributed by atoms with van der Waals surface area (Å²) in [5.41, 5.74) is 2.88. The Labute approximate surface area is 161 Å². The number of rotatable bonds is 5. The van der Waals surface area contributed by atoms with Gasteiger partial charge in [-0.15, -0.1) is 0 Å². The summed E-state index contributed by atoms with van der Waals surface area (Å²) >= 11 is 0. The van der Waals surface area contributed by atoms with Crippen LogP contribution in [0.15, 0.2) is 42.5 Å². The number of carbonyl (C=O) groups is 1. The first kappa shape index (κ1) is 19.3. The number of ether oxygens (including phenoxy) is 2. The monoisotopic (exact) mass is 367 g/mol. The highest BCUT2D eigenvalue weighted by atomic mass is 16.5. The summed E-state index contributed by atoms with van der Waals surface area (Å²) < 4.78 is 12.1. The third-order valence-electron chi connectivity index (χ3n) is 4.97. The fourth-order valence-electron chi connectivity index (χ4n) is 3.53. The van der Waals surface area contributed by atoms with Gasteiger partial charge < -0.3 is 14.8 Å². The Morgan fingerprint density at radius 2 is 2.00 bits per heavy atom. The molecule has 1 amide bonds. The Hall–Kier alpha value is -2.49. The summed E-state index contributed by atoms with van der Waals surface area (Å²) in [5, 5.41) is 3.20. The zero-order valence-corrected chi connectivity index (χ0v) is 16.8. The molecule has 0 bridgehead atoms. The Morgan fingerprint density at radius 1 is 1.26 bits per heavy atom. The van der Waals surface area contributed by atoms with Crippen molar-refractivity contribution in [2.75, 3.05) is 0 Å². The van der Waals surface area contributed by atoms with Gasteiger partial charge >= 0.3 is 0 Å². The molecule has 27 heavy (non-hydrogen) atoms. The van der Waals surface area contributed by atoms with Crippen LogP contribution in [0, 0.1) is 13.8 Å². The van der Waals surface area contributed by atoms with Gasteiger partial charge in [0.1, 0.15) is 17.1 Å². The van der Waals surface area contributed by atoms with E-state index in [0.717, 1.165) is 34.6 Å². The molecule has 1 N–H and O–H groups in total. The highest BCUT2D eigenvalue weighted by Gasteiger charge is 2.35. The van der Waals surface area contributed by atoms with Crippen LogP contribution in [0.25, 0.3) is 0 Å². The average Bonchev–Trinajstić information content (AvgIpc) is 2.61. The lowest BCUT2D eigenvalue weighted by atomic mass is 9.88. The van der Waals surface area contributed by atoms with Crippen molar-refractivity contribution in [1.29, 1.82) is 0 Å². The van der Waals surface area contributed by atoms with Crippen molar-refractivity contribution in [3.63, 3.8) is 0 Å². The van der Waals surface area contributed by atoms with Gasteiger partial charge in [-0.1, -0.05) is 42.8 Å². The molecule has 0 aromatic heterocycles. The van der Waals surface area contributed by atoms with E-state index in [4.69, 9.17) is 9.47 Å². The standard InChI is InChI=1S/C23H29NO3/c1-6-19(26-20-10-8-7-9-16(20)3)22(25)24-18-14-23(4,5)27-21-12-11-15(2)13-17(18)21/h7-13,18-19H,6,14H2,1-5H3,(H,24,25)/t18-,19-/m0/s1. The van der Waals surface area contributed by atoms with Crippen molar-refractivity contribution < 1.29 is 14.3 Å². The van der Waals surface area contributed by atoms with E-state index < -0.39 is 6.10 Å². The molecule has 0 unspecified atom stereocenters. The van der Waals surface area contributed by atoms with Gasteiger partial charge in [0, 0.05) is 12.0 Å². The van der Waals surface area contributed by atoms with Crippen LogP contribution in [0.3, 0.4) is 0 Å². The van der Waals surface area contributed by atoms with Gasteiger partial charge in [-0.2, -0.15) is 0 Å². The molecule has 1 heterocycles. The molecular formula is C23H29NO3. The van der Waals surface area contributed by atoms with Gasteiger partial charge in [0.05, 0.1) is 6.04 Å². The van der Waals surface area contributed by atoms with E-state index in [0.29, 0.717) is 6.42 Å². The summed E-state index contributed by atoms with van der Waals surface area (Å²) in [5.74, 6) is 1.51. The highest BCUT2D eigenvalue weighted by Crippen LogP contribution is 2.40. The predicted octanol–water partition coefficient (Wildman–Crippen LogP) is 4.88. The molecule has 0 fully saturated rings. The Morgan fingerprint density at radius 3 is 2.70 bits per heavy atom. The van der Waals surface area contributed by atoms with E-state index in [9.17, 15) is 4.79 Å². The molecule has 0 spiro atoms. The molecule has 0 aliphatic carbocycles. The second-order valence-electron chi connectivity index (χ2n) is 7.95. The molecule has 0 radical (unpaired) electrons. The molecule has 2 aromatic rings. The lowest BCUT2D eigenvalue weighted by molar-refractivity contribution is -0.129. The number of amides is 1. The molecule has 2 aromatic carbocycles. The SMILES string of the molecule is CC[C@H](Oc1ccccc1C)C(=O)N[C@H]1CC(C)(C)Oc2ccc(C)cc21. The van der Waals surface area contributed by atoms with E-state index >= 15 is 0 Å². The zero-order valence-electron chi connectivity index (χ0n) is 16.8. The highest BCUT2D eigenvalue weighted by molar-refractivity contribution is 5.81. The number of carbonyl (C=O) groups excluding carboxylic acids is 1. The lowest BCUT2D eigenvalue weighted by Gasteiger charge is -2.38. The van der Waals surface area contributed by atoms with Crippen molar-refractivity contribution in [2.24, 2.45) is 0 Å². The first-order chi connectivity index (χ1) is 12.8. The van der Waals surface area contributed by atoms with Gasteiger partial charge in [0.15, 0.2) is 6.10 Å². The third-order valence-corrected chi connectivity index (χ3v) is 4.97. The van der Waals surface area contributed by atoms with E-state index in [1.807, 2.05) is 50.2 Å². The molecule has 2 atom stereocenters. The van der Waals surface area contributed by atoms with Crippen LogP contribution in [-0.4, -0.2) is 17.6 Å². The third kappa shape index (κ3) is 4.44. The van der Waals surface area contributed by atoms with Crippen molar-refractivity contribution in [3.8, 4) is 11.5 Å². The molecular weight excluding hydrogens is 338 g/mol. The summed E-state index contributed by atoms with van der Waals surface area (Å²) in [6.07, 6.45) is 0.800.